The van der Waals surface area contributed by atoms with E-state index < -0.39 is 0 Å². The van der Waals surface area contributed by atoms with Crippen molar-refractivity contribution < 1.29 is 0 Å². The summed E-state index contributed by atoms with van der Waals surface area (Å²) in [6.07, 6.45) is 1.62. The summed E-state index contributed by atoms with van der Waals surface area (Å²) in [6, 6.07) is 8.74. The van der Waals surface area contributed by atoms with Gasteiger partial charge in [-0.1, -0.05) is 18.2 Å². The third kappa shape index (κ3) is 2.05. The Morgan fingerprint density at radius 1 is 1.15 bits per heavy atom. The third-order valence-corrected chi connectivity index (χ3v) is 4.44. The highest BCUT2D eigenvalue weighted by molar-refractivity contribution is 7.16. The van der Waals surface area contributed by atoms with Crippen LogP contribution in [0, 0.1) is 0 Å². The Labute approximate surface area is 120 Å². The highest BCUT2D eigenvalue weighted by Gasteiger charge is 2.10. The first kappa shape index (κ1) is 11.8. The molecule has 4 nitrogen and oxygen atoms in total. The smallest absolute Gasteiger partial charge is 0.138 e. The average molecular weight is 282 g/mol. The molecule has 3 aromatic rings. The van der Waals surface area contributed by atoms with Gasteiger partial charge in [0.15, 0.2) is 0 Å². The van der Waals surface area contributed by atoms with Gasteiger partial charge in [-0.05, 0) is 28.1 Å². The average Bonchev–Trinajstić information content (AvgIpc) is 3.13. The molecule has 1 aliphatic heterocycles. The van der Waals surface area contributed by atoms with Crippen molar-refractivity contribution in [2.75, 3.05) is 5.32 Å². The number of thiophene rings is 1. The topological polar surface area (TPSA) is 49.8 Å². The van der Waals surface area contributed by atoms with Crippen LogP contribution in [0.25, 0.3) is 10.2 Å². The monoisotopic (exact) mass is 282 g/mol. The summed E-state index contributed by atoms with van der Waals surface area (Å²) in [5.41, 5.74) is 4.11. The zero-order valence-electron chi connectivity index (χ0n) is 10.9. The molecule has 5 heteroatoms. The van der Waals surface area contributed by atoms with Gasteiger partial charge in [0.2, 0.25) is 0 Å². The van der Waals surface area contributed by atoms with E-state index in [2.05, 4.69) is 44.9 Å². The zero-order chi connectivity index (χ0) is 13.4. The van der Waals surface area contributed by atoms with E-state index >= 15 is 0 Å². The number of hydrogen-bond donors (Lipinski definition) is 2. The van der Waals surface area contributed by atoms with Crippen molar-refractivity contribution in [3.05, 3.63) is 52.7 Å². The number of fused-ring (bicyclic) bond motifs is 2. The number of anilines is 1. The predicted octanol–water partition coefficient (Wildman–Crippen LogP) is 2.91. The van der Waals surface area contributed by atoms with E-state index in [1.54, 1.807) is 17.7 Å². The highest BCUT2D eigenvalue weighted by atomic mass is 32.1. The number of hydrogen-bond acceptors (Lipinski definition) is 5. The van der Waals surface area contributed by atoms with Crippen LogP contribution in [0.3, 0.4) is 0 Å². The number of rotatable bonds is 3. The summed E-state index contributed by atoms with van der Waals surface area (Å²) >= 11 is 1.64. The molecule has 0 atom stereocenters. The van der Waals surface area contributed by atoms with Crippen molar-refractivity contribution in [2.45, 2.75) is 19.6 Å². The Hall–Kier alpha value is -1.98. The summed E-state index contributed by atoms with van der Waals surface area (Å²) in [6.45, 7) is 2.76. The summed E-state index contributed by atoms with van der Waals surface area (Å²) in [4.78, 5) is 9.63. The molecule has 1 aliphatic rings. The van der Waals surface area contributed by atoms with Crippen LogP contribution in [0.5, 0.6) is 0 Å². The fourth-order valence-corrected chi connectivity index (χ4v) is 3.31. The van der Waals surface area contributed by atoms with Gasteiger partial charge in [-0.25, -0.2) is 9.97 Å². The van der Waals surface area contributed by atoms with Crippen LogP contribution in [0.2, 0.25) is 0 Å². The van der Waals surface area contributed by atoms with Crippen molar-refractivity contribution in [1.29, 1.82) is 0 Å². The Kier molecular flexibility index (Phi) is 2.86. The molecule has 100 valence electrons. The minimum absolute atomic E-state index is 0.787. The van der Waals surface area contributed by atoms with Crippen LogP contribution in [-0.4, -0.2) is 9.97 Å². The first-order chi connectivity index (χ1) is 9.90. The Morgan fingerprint density at radius 3 is 3.10 bits per heavy atom. The summed E-state index contributed by atoms with van der Waals surface area (Å²) in [7, 11) is 0. The molecule has 2 aromatic heterocycles. The first-order valence-electron chi connectivity index (χ1n) is 6.63. The molecule has 0 spiro atoms. The lowest BCUT2D eigenvalue weighted by atomic mass is 10.1. The lowest BCUT2D eigenvalue weighted by molar-refractivity contribution is 0.764. The molecule has 2 N–H and O–H groups in total. The second-order valence-electron chi connectivity index (χ2n) is 4.92. The molecule has 0 aliphatic carbocycles. The van der Waals surface area contributed by atoms with Crippen LogP contribution < -0.4 is 10.6 Å². The van der Waals surface area contributed by atoms with Crippen molar-refractivity contribution in [1.82, 2.24) is 15.3 Å². The maximum Gasteiger partial charge on any atom is 0.138 e. The molecule has 0 unspecified atom stereocenters. The van der Waals surface area contributed by atoms with Crippen LogP contribution in [0.1, 0.15) is 16.7 Å². The van der Waals surface area contributed by atoms with E-state index in [4.69, 9.17) is 0 Å². The van der Waals surface area contributed by atoms with E-state index in [1.165, 1.54) is 16.7 Å². The van der Waals surface area contributed by atoms with Crippen LogP contribution >= 0.6 is 11.3 Å². The minimum Gasteiger partial charge on any atom is -0.365 e. The minimum atomic E-state index is 0.787. The van der Waals surface area contributed by atoms with Crippen molar-refractivity contribution in [2.24, 2.45) is 0 Å². The molecular weight excluding hydrogens is 268 g/mol. The summed E-state index contributed by atoms with van der Waals surface area (Å²) in [5.74, 6) is 0.912. The van der Waals surface area contributed by atoms with Crippen LogP contribution in [0.15, 0.2) is 36.0 Å². The van der Waals surface area contributed by atoms with Gasteiger partial charge in [0.25, 0.3) is 0 Å². The molecule has 0 bridgehead atoms. The first-order valence-corrected chi connectivity index (χ1v) is 7.51. The van der Waals surface area contributed by atoms with Gasteiger partial charge < -0.3 is 10.6 Å². The van der Waals surface area contributed by atoms with Gasteiger partial charge in [-0.2, -0.15) is 0 Å². The normalized spacial score (nSPS) is 13.6. The molecule has 0 fully saturated rings. The van der Waals surface area contributed by atoms with Crippen molar-refractivity contribution in [3.8, 4) is 0 Å². The van der Waals surface area contributed by atoms with Crippen LogP contribution in [-0.2, 0) is 19.6 Å². The van der Waals surface area contributed by atoms with E-state index in [1.807, 2.05) is 5.38 Å². The maximum absolute atomic E-state index is 4.34. The van der Waals surface area contributed by atoms with Gasteiger partial charge >= 0.3 is 0 Å². The van der Waals surface area contributed by atoms with Gasteiger partial charge in [-0.15, -0.1) is 11.3 Å². The molecule has 0 radical (unpaired) electrons. The quantitative estimate of drug-likeness (QED) is 0.775. The van der Waals surface area contributed by atoms with Gasteiger partial charge in [-0.3, -0.25) is 0 Å². The molecule has 4 rings (SSSR count). The fraction of sp³-hybridized carbons (Fsp3) is 0.200. The molecule has 1 aromatic carbocycles. The molecule has 0 saturated carbocycles. The Balaban J connectivity index is 1.57. The number of nitrogens with zero attached hydrogens (tertiary/aromatic N) is 2. The summed E-state index contributed by atoms with van der Waals surface area (Å²) < 4.78 is 0. The SMILES string of the molecule is c1nc(NCc2ccc3c(c2)CNC3)c2ccsc2n1. The van der Waals surface area contributed by atoms with Crippen molar-refractivity contribution >= 4 is 27.4 Å². The van der Waals surface area contributed by atoms with E-state index in [0.717, 1.165) is 35.7 Å². The molecule has 0 saturated heterocycles. The van der Waals surface area contributed by atoms with Crippen LogP contribution in [0.4, 0.5) is 5.82 Å². The molecule has 3 heterocycles. The second-order valence-corrected chi connectivity index (χ2v) is 5.82. The van der Waals surface area contributed by atoms with E-state index in [9.17, 15) is 0 Å². The number of aromatic nitrogens is 2. The molecule has 20 heavy (non-hydrogen) atoms. The third-order valence-electron chi connectivity index (χ3n) is 3.62. The largest absolute Gasteiger partial charge is 0.365 e. The lowest BCUT2D eigenvalue weighted by Gasteiger charge is -2.08. The number of benzene rings is 1. The molecular formula is C15H14N4S. The van der Waals surface area contributed by atoms with E-state index in [-0.39, 0.29) is 0 Å². The zero-order valence-corrected chi connectivity index (χ0v) is 11.7. The van der Waals surface area contributed by atoms with Crippen molar-refractivity contribution in [3.63, 3.8) is 0 Å². The van der Waals surface area contributed by atoms with Gasteiger partial charge in [0.05, 0.1) is 5.39 Å². The fourth-order valence-electron chi connectivity index (χ4n) is 2.57. The molecule has 0 amide bonds. The predicted molar refractivity (Wildman–Crippen MR) is 81.7 cm³/mol. The number of nitrogens with one attached hydrogen (secondary N) is 2. The maximum atomic E-state index is 4.34. The Morgan fingerprint density at radius 2 is 2.10 bits per heavy atom. The summed E-state index contributed by atoms with van der Waals surface area (Å²) in [5, 5.41) is 9.93. The standard InChI is InChI=1S/C15H14N4S/c1-2-11-7-16-8-12(11)5-10(1)6-17-14-13-3-4-20-15(13)19-9-18-14/h1-5,9,16H,6-8H2,(H,17,18,19). The Bertz CT molecular complexity index is 765. The van der Waals surface area contributed by atoms with Gasteiger partial charge in [0.1, 0.15) is 17.0 Å². The second kappa shape index (κ2) is 4.85. The lowest BCUT2D eigenvalue weighted by Crippen LogP contribution is -2.02. The van der Waals surface area contributed by atoms with Gasteiger partial charge in [0, 0.05) is 19.6 Å². The highest BCUT2D eigenvalue weighted by Crippen LogP contribution is 2.24. The van der Waals surface area contributed by atoms with E-state index in [0.29, 0.717) is 0 Å².